The Morgan fingerprint density at radius 2 is 2.42 bits per heavy atom. The van der Waals surface area contributed by atoms with Gasteiger partial charge in [-0.2, -0.15) is 0 Å². The van der Waals surface area contributed by atoms with Gasteiger partial charge < -0.3 is 20.1 Å². The van der Waals surface area contributed by atoms with Crippen molar-refractivity contribution >= 4 is 5.91 Å². The summed E-state index contributed by atoms with van der Waals surface area (Å²) in [7, 11) is 0. The summed E-state index contributed by atoms with van der Waals surface area (Å²) in [6.07, 6.45) is 3.96. The van der Waals surface area contributed by atoms with Gasteiger partial charge in [-0.3, -0.25) is 4.79 Å². The summed E-state index contributed by atoms with van der Waals surface area (Å²) in [5.41, 5.74) is -0.266. The van der Waals surface area contributed by atoms with Gasteiger partial charge in [-0.15, -0.1) is 0 Å². The highest BCUT2D eigenvalue weighted by Crippen LogP contribution is 2.34. The second kappa shape index (κ2) is 6.68. The van der Waals surface area contributed by atoms with Gasteiger partial charge in [0, 0.05) is 13.1 Å². The summed E-state index contributed by atoms with van der Waals surface area (Å²) in [6.45, 7) is 5.54. The third kappa shape index (κ3) is 3.09. The van der Waals surface area contributed by atoms with Crippen molar-refractivity contribution in [1.29, 1.82) is 0 Å². The Bertz CT molecular complexity index is 298. The highest BCUT2D eigenvalue weighted by Gasteiger charge is 2.43. The first kappa shape index (κ1) is 14.8. The van der Waals surface area contributed by atoms with E-state index in [9.17, 15) is 9.90 Å². The van der Waals surface area contributed by atoms with E-state index >= 15 is 0 Å². The van der Waals surface area contributed by atoms with Crippen LogP contribution in [0.3, 0.4) is 0 Å². The molecule has 2 aliphatic rings. The van der Waals surface area contributed by atoms with Crippen LogP contribution in [0.2, 0.25) is 0 Å². The van der Waals surface area contributed by atoms with Crippen LogP contribution in [0.4, 0.5) is 0 Å². The van der Waals surface area contributed by atoms with Crippen LogP contribution in [0.15, 0.2) is 0 Å². The molecule has 19 heavy (non-hydrogen) atoms. The summed E-state index contributed by atoms with van der Waals surface area (Å²) in [6, 6.07) is -0.170. The first-order valence-corrected chi connectivity index (χ1v) is 7.44. The van der Waals surface area contributed by atoms with Crippen molar-refractivity contribution in [3.8, 4) is 0 Å². The zero-order chi connectivity index (χ0) is 13.7. The Morgan fingerprint density at radius 3 is 3.05 bits per heavy atom. The molecule has 5 heteroatoms. The SMILES string of the molecule is CCCC1(C(=O)N2CCOCC2CO)CCCNC1. The van der Waals surface area contributed by atoms with Gasteiger partial charge in [0.25, 0.3) is 0 Å². The standard InChI is InChI=1S/C14H26N2O3/c1-2-4-14(5-3-6-15-11-14)13(18)16-7-8-19-10-12(16)9-17/h12,15,17H,2-11H2,1H3. The molecule has 0 aromatic rings. The number of morpholine rings is 1. The fraction of sp³-hybridized carbons (Fsp3) is 0.929. The third-order valence-electron chi connectivity index (χ3n) is 4.35. The van der Waals surface area contributed by atoms with Crippen LogP contribution in [0, 0.1) is 5.41 Å². The van der Waals surface area contributed by atoms with Crippen LogP contribution >= 0.6 is 0 Å². The number of ether oxygens (including phenoxy) is 1. The molecule has 0 aliphatic carbocycles. The number of hydrogen-bond acceptors (Lipinski definition) is 4. The lowest BCUT2D eigenvalue weighted by atomic mass is 9.75. The number of nitrogens with zero attached hydrogens (tertiary/aromatic N) is 1. The maximum atomic E-state index is 13.0. The Balaban J connectivity index is 2.13. The molecule has 0 aromatic heterocycles. The first-order chi connectivity index (χ1) is 9.23. The van der Waals surface area contributed by atoms with Crippen LogP contribution in [0.25, 0.3) is 0 Å². The van der Waals surface area contributed by atoms with Crippen molar-refractivity contribution in [2.45, 2.75) is 38.6 Å². The summed E-state index contributed by atoms with van der Waals surface area (Å²) in [5.74, 6) is 0.212. The molecule has 2 N–H and O–H groups in total. The van der Waals surface area contributed by atoms with Crippen molar-refractivity contribution in [2.24, 2.45) is 5.41 Å². The maximum absolute atomic E-state index is 13.0. The largest absolute Gasteiger partial charge is 0.394 e. The lowest BCUT2D eigenvalue weighted by Gasteiger charge is -2.44. The summed E-state index contributed by atoms with van der Waals surface area (Å²) in [5, 5.41) is 12.8. The number of hydrogen-bond donors (Lipinski definition) is 2. The Kier molecular flexibility index (Phi) is 5.19. The van der Waals surface area contributed by atoms with Gasteiger partial charge in [0.15, 0.2) is 0 Å². The van der Waals surface area contributed by atoms with E-state index in [2.05, 4.69) is 12.2 Å². The zero-order valence-electron chi connectivity index (χ0n) is 11.9. The predicted octanol–water partition coefficient (Wildman–Crippen LogP) is 0.376. The minimum Gasteiger partial charge on any atom is -0.394 e. The normalized spacial score (nSPS) is 32.3. The number of nitrogens with one attached hydrogen (secondary N) is 1. The molecule has 0 radical (unpaired) electrons. The molecule has 1 amide bonds. The average molecular weight is 270 g/mol. The van der Waals surface area contributed by atoms with Crippen molar-refractivity contribution in [3.63, 3.8) is 0 Å². The van der Waals surface area contributed by atoms with E-state index in [1.165, 1.54) is 0 Å². The molecular formula is C14H26N2O3. The van der Waals surface area contributed by atoms with Gasteiger partial charge in [-0.05, 0) is 25.8 Å². The van der Waals surface area contributed by atoms with Gasteiger partial charge >= 0.3 is 0 Å². The molecule has 110 valence electrons. The molecule has 0 aromatic carbocycles. The fourth-order valence-electron chi connectivity index (χ4n) is 3.33. The summed E-state index contributed by atoms with van der Waals surface area (Å²) >= 11 is 0. The predicted molar refractivity (Wildman–Crippen MR) is 72.9 cm³/mol. The third-order valence-corrected chi connectivity index (χ3v) is 4.35. The van der Waals surface area contributed by atoms with Gasteiger partial charge in [0.05, 0.1) is 31.3 Å². The second-order valence-corrected chi connectivity index (χ2v) is 5.72. The minimum atomic E-state index is -0.266. The van der Waals surface area contributed by atoms with E-state index in [0.29, 0.717) is 19.8 Å². The number of carbonyl (C=O) groups is 1. The van der Waals surface area contributed by atoms with Crippen LogP contribution in [-0.2, 0) is 9.53 Å². The molecule has 2 unspecified atom stereocenters. The van der Waals surface area contributed by atoms with E-state index in [-0.39, 0.29) is 24.0 Å². The molecule has 2 rings (SSSR count). The molecule has 2 heterocycles. The summed E-state index contributed by atoms with van der Waals surface area (Å²) in [4.78, 5) is 14.8. The van der Waals surface area contributed by atoms with E-state index in [1.807, 2.05) is 4.90 Å². The Morgan fingerprint density at radius 1 is 1.58 bits per heavy atom. The van der Waals surface area contributed by atoms with Gasteiger partial charge in [-0.1, -0.05) is 13.3 Å². The van der Waals surface area contributed by atoms with Gasteiger partial charge in [0.1, 0.15) is 0 Å². The van der Waals surface area contributed by atoms with E-state index < -0.39 is 0 Å². The highest BCUT2D eigenvalue weighted by molar-refractivity contribution is 5.83. The Hall–Kier alpha value is -0.650. The van der Waals surface area contributed by atoms with Crippen molar-refractivity contribution in [2.75, 3.05) is 39.5 Å². The molecule has 2 fully saturated rings. The first-order valence-electron chi connectivity index (χ1n) is 7.44. The van der Waals surface area contributed by atoms with Crippen molar-refractivity contribution in [3.05, 3.63) is 0 Å². The quantitative estimate of drug-likeness (QED) is 0.775. The lowest BCUT2D eigenvalue weighted by Crippen LogP contribution is -2.58. The molecule has 2 atom stereocenters. The van der Waals surface area contributed by atoms with Gasteiger partial charge in [-0.25, -0.2) is 0 Å². The van der Waals surface area contributed by atoms with Crippen LogP contribution < -0.4 is 5.32 Å². The lowest BCUT2D eigenvalue weighted by molar-refractivity contribution is -0.154. The molecule has 0 bridgehead atoms. The molecule has 5 nitrogen and oxygen atoms in total. The number of aliphatic hydroxyl groups is 1. The van der Waals surface area contributed by atoms with E-state index in [4.69, 9.17) is 4.74 Å². The molecule has 2 aliphatic heterocycles. The maximum Gasteiger partial charge on any atom is 0.230 e. The number of aliphatic hydroxyl groups excluding tert-OH is 1. The second-order valence-electron chi connectivity index (χ2n) is 5.72. The molecular weight excluding hydrogens is 244 g/mol. The Labute approximate surface area is 115 Å². The van der Waals surface area contributed by atoms with Crippen molar-refractivity contribution in [1.82, 2.24) is 10.2 Å². The molecule has 0 spiro atoms. The molecule has 0 saturated carbocycles. The van der Waals surface area contributed by atoms with Gasteiger partial charge in [0.2, 0.25) is 5.91 Å². The number of piperidine rings is 1. The van der Waals surface area contributed by atoms with Crippen LogP contribution in [0.1, 0.15) is 32.6 Å². The highest BCUT2D eigenvalue weighted by atomic mass is 16.5. The van der Waals surface area contributed by atoms with Crippen molar-refractivity contribution < 1.29 is 14.6 Å². The van der Waals surface area contributed by atoms with Crippen LogP contribution in [-0.4, -0.2) is 61.4 Å². The zero-order valence-corrected chi connectivity index (χ0v) is 11.9. The summed E-state index contributed by atoms with van der Waals surface area (Å²) < 4.78 is 5.36. The number of amides is 1. The smallest absolute Gasteiger partial charge is 0.230 e. The topological polar surface area (TPSA) is 61.8 Å². The van der Waals surface area contributed by atoms with E-state index in [0.717, 1.165) is 38.8 Å². The average Bonchev–Trinajstić information content (AvgIpc) is 2.47. The minimum absolute atomic E-state index is 0.0125. The van der Waals surface area contributed by atoms with Crippen LogP contribution in [0.5, 0.6) is 0 Å². The van der Waals surface area contributed by atoms with E-state index in [1.54, 1.807) is 0 Å². The number of rotatable bonds is 4. The molecule has 2 saturated heterocycles. The number of carbonyl (C=O) groups excluding carboxylic acids is 1. The monoisotopic (exact) mass is 270 g/mol. The fourth-order valence-corrected chi connectivity index (χ4v) is 3.33.